The van der Waals surface area contributed by atoms with E-state index in [0.29, 0.717) is 17.0 Å². The lowest BCUT2D eigenvalue weighted by molar-refractivity contribution is 0.0701. The first-order valence-corrected chi connectivity index (χ1v) is 6.42. The van der Waals surface area contributed by atoms with Gasteiger partial charge < -0.3 is 5.11 Å². The van der Waals surface area contributed by atoms with Crippen LogP contribution in [-0.4, -0.2) is 22.9 Å². The number of benzene rings is 1. The number of hydrogen-bond donors (Lipinski definition) is 1. The van der Waals surface area contributed by atoms with Crippen molar-refractivity contribution >= 4 is 34.1 Å². The molecule has 0 atom stereocenters. The summed E-state index contributed by atoms with van der Waals surface area (Å²) in [6, 6.07) is 3.86. The Morgan fingerprint density at radius 3 is 2.00 bits per heavy atom. The van der Waals surface area contributed by atoms with Crippen LogP contribution in [0.25, 0.3) is 0 Å². The quantitative estimate of drug-likeness (QED) is 0.865. The maximum atomic E-state index is 13.2. The highest BCUT2D eigenvalue weighted by atomic mass is 32.1. The second kappa shape index (κ2) is 4.45. The molecule has 106 valence electrons. The van der Waals surface area contributed by atoms with Crippen LogP contribution in [0.15, 0.2) is 24.3 Å². The molecule has 1 N–H and O–H groups in total. The maximum Gasteiger partial charge on any atom is 0.345 e. The Morgan fingerprint density at radius 1 is 1.05 bits per heavy atom. The van der Waals surface area contributed by atoms with Crippen molar-refractivity contribution in [3.8, 4) is 0 Å². The number of anilines is 1. The minimum Gasteiger partial charge on any atom is -0.477 e. The summed E-state index contributed by atoms with van der Waals surface area (Å²) in [5, 5.41) is 8.92. The van der Waals surface area contributed by atoms with E-state index in [1.807, 2.05) is 0 Å². The lowest BCUT2D eigenvalue weighted by Crippen LogP contribution is -2.28. The summed E-state index contributed by atoms with van der Waals surface area (Å²) in [5.74, 6) is -5.27. The molecular formula is C13H5F2NO4S. The average Bonchev–Trinajstić information content (AvgIpc) is 2.98. The highest BCUT2D eigenvalue weighted by Crippen LogP contribution is 2.34. The molecule has 1 aromatic heterocycles. The summed E-state index contributed by atoms with van der Waals surface area (Å²) in [6.45, 7) is 0. The van der Waals surface area contributed by atoms with Gasteiger partial charge in [0.1, 0.15) is 9.88 Å². The SMILES string of the molecule is O=C(O)c1ccc(N2C(=O)c3cc(F)c(F)cc3C2=O)s1. The molecule has 0 unspecified atom stereocenters. The van der Waals surface area contributed by atoms with E-state index < -0.39 is 29.4 Å². The van der Waals surface area contributed by atoms with Crippen molar-refractivity contribution < 1.29 is 28.3 Å². The predicted molar refractivity (Wildman–Crippen MR) is 68.8 cm³/mol. The van der Waals surface area contributed by atoms with Crippen LogP contribution >= 0.6 is 11.3 Å². The van der Waals surface area contributed by atoms with Gasteiger partial charge >= 0.3 is 5.97 Å². The summed E-state index contributed by atoms with van der Waals surface area (Å²) < 4.78 is 26.4. The van der Waals surface area contributed by atoms with Gasteiger partial charge in [0.2, 0.25) is 0 Å². The van der Waals surface area contributed by atoms with Gasteiger partial charge in [-0.25, -0.2) is 18.5 Å². The second-order valence-electron chi connectivity index (χ2n) is 4.20. The molecule has 0 fully saturated rings. The molecule has 0 saturated carbocycles. The van der Waals surface area contributed by atoms with Crippen molar-refractivity contribution in [1.82, 2.24) is 0 Å². The molecular weight excluding hydrogens is 304 g/mol. The van der Waals surface area contributed by atoms with E-state index in [1.54, 1.807) is 0 Å². The molecule has 5 nitrogen and oxygen atoms in total. The van der Waals surface area contributed by atoms with E-state index >= 15 is 0 Å². The highest BCUT2D eigenvalue weighted by Gasteiger charge is 2.38. The first kappa shape index (κ1) is 13.4. The van der Waals surface area contributed by atoms with E-state index in [1.165, 1.54) is 12.1 Å². The maximum absolute atomic E-state index is 13.2. The standard InChI is InChI=1S/C13H5F2NO4S/c14-7-3-5-6(4-8(7)15)12(18)16(11(5)17)10-2-1-9(21-10)13(19)20/h1-4H,(H,19,20). The lowest BCUT2D eigenvalue weighted by Gasteiger charge is -2.10. The van der Waals surface area contributed by atoms with Crippen molar-refractivity contribution in [2.24, 2.45) is 0 Å². The number of aromatic carboxylic acids is 1. The predicted octanol–water partition coefficient (Wildman–Crippen LogP) is 2.53. The van der Waals surface area contributed by atoms with Crippen molar-refractivity contribution in [3.63, 3.8) is 0 Å². The van der Waals surface area contributed by atoms with Crippen molar-refractivity contribution in [1.29, 1.82) is 0 Å². The Balaban J connectivity index is 2.08. The van der Waals surface area contributed by atoms with E-state index in [2.05, 4.69) is 0 Å². The number of carbonyl (C=O) groups excluding carboxylic acids is 2. The molecule has 3 rings (SSSR count). The number of thiophene rings is 1. The van der Waals surface area contributed by atoms with Gasteiger partial charge in [-0.3, -0.25) is 9.59 Å². The largest absolute Gasteiger partial charge is 0.477 e. The van der Waals surface area contributed by atoms with Gasteiger partial charge in [0.25, 0.3) is 11.8 Å². The molecule has 21 heavy (non-hydrogen) atoms. The van der Waals surface area contributed by atoms with Gasteiger partial charge in [-0.1, -0.05) is 0 Å². The number of rotatable bonds is 2. The fourth-order valence-corrected chi connectivity index (χ4v) is 2.84. The van der Waals surface area contributed by atoms with Crippen molar-refractivity contribution in [3.05, 3.63) is 51.9 Å². The molecule has 2 amide bonds. The second-order valence-corrected chi connectivity index (χ2v) is 5.26. The Labute approximate surface area is 120 Å². The molecule has 0 aliphatic carbocycles. The normalized spacial score (nSPS) is 13.7. The van der Waals surface area contributed by atoms with Gasteiger partial charge in [-0.2, -0.15) is 0 Å². The summed E-state index contributed by atoms with van der Waals surface area (Å²) in [7, 11) is 0. The number of carbonyl (C=O) groups is 3. The molecule has 0 spiro atoms. The molecule has 2 aromatic rings. The number of carboxylic acids is 1. The topological polar surface area (TPSA) is 74.7 Å². The van der Waals surface area contributed by atoms with Gasteiger partial charge in [0.15, 0.2) is 11.6 Å². The number of carboxylic acid groups (broad SMARTS) is 1. The van der Waals surface area contributed by atoms with E-state index in [4.69, 9.17) is 5.11 Å². The third-order valence-electron chi connectivity index (χ3n) is 2.95. The molecule has 2 heterocycles. The summed E-state index contributed by atoms with van der Waals surface area (Å²) >= 11 is 0.722. The van der Waals surface area contributed by atoms with Gasteiger partial charge in [0.05, 0.1) is 11.1 Å². The van der Waals surface area contributed by atoms with Crippen LogP contribution in [0.3, 0.4) is 0 Å². The zero-order valence-corrected chi connectivity index (χ0v) is 10.9. The van der Waals surface area contributed by atoms with Crippen LogP contribution in [0, 0.1) is 11.6 Å². The average molecular weight is 309 g/mol. The van der Waals surface area contributed by atoms with Crippen LogP contribution < -0.4 is 4.90 Å². The van der Waals surface area contributed by atoms with E-state index in [-0.39, 0.29) is 21.0 Å². The van der Waals surface area contributed by atoms with Crippen LogP contribution in [0.4, 0.5) is 13.8 Å². The third kappa shape index (κ3) is 1.91. The number of amides is 2. The summed E-state index contributed by atoms with van der Waals surface area (Å²) in [5.41, 5.74) is -0.492. The molecule has 0 saturated heterocycles. The van der Waals surface area contributed by atoms with Gasteiger partial charge in [-0.05, 0) is 24.3 Å². The number of halogens is 2. The molecule has 0 bridgehead atoms. The van der Waals surface area contributed by atoms with Gasteiger partial charge in [0, 0.05) is 0 Å². The van der Waals surface area contributed by atoms with E-state index in [0.717, 1.165) is 11.3 Å². The number of nitrogens with zero attached hydrogens (tertiary/aromatic N) is 1. The van der Waals surface area contributed by atoms with Crippen LogP contribution in [0.5, 0.6) is 0 Å². The smallest absolute Gasteiger partial charge is 0.345 e. The lowest BCUT2D eigenvalue weighted by atomic mass is 10.1. The Morgan fingerprint density at radius 2 is 1.57 bits per heavy atom. The first-order chi connectivity index (χ1) is 9.90. The van der Waals surface area contributed by atoms with Crippen molar-refractivity contribution in [2.45, 2.75) is 0 Å². The monoisotopic (exact) mass is 309 g/mol. The number of hydrogen-bond acceptors (Lipinski definition) is 4. The molecule has 1 aromatic carbocycles. The Bertz CT molecular complexity index is 773. The molecule has 1 aliphatic rings. The zero-order valence-electron chi connectivity index (χ0n) is 10.1. The first-order valence-electron chi connectivity index (χ1n) is 5.61. The fourth-order valence-electron chi connectivity index (χ4n) is 2.00. The van der Waals surface area contributed by atoms with Crippen molar-refractivity contribution in [2.75, 3.05) is 4.90 Å². The Kier molecular flexibility index (Phi) is 2.84. The molecule has 0 radical (unpaired) electrons. The third-order valence-corrected chi connectivity index (χ3v) is 4.01. The summed E-state index contributed by atoms with van der Waals surface area (Å²) in [6.07, 6.45) is 0. The zero-order chi connectivity index (χ0) is 15.3. The van der Waals surface area contributed by atoms with Crippen LogP contribution in [-0.2, 0) is 0 Å². The van der Waals surface area contributed by atoms with Gasteiger partial charge in [-0.15, -0.1) is 11.3 Å². The highest BCUT2D eigenvalue weighted by molar-refractivity contribution is 7.18. The van der Waals surface area contributed by atoms with Crippen LogP contribution in [0.1, 0.15) is 30.4 Å². The molecule has 8 heteroatoms. The van der Waals surface area contributed by atoms with Crippen LogP contribution in [0.2, 0.25) is 0 Å². The molecule has 1 aliphatic heterocycles. The Hall–Kier alpha value is -2.61. The number of fused-ring (bicyclic) bond motifs is 1. The number of imide groups is 1. The minimum atomic E-state index is -1.23. The summed E-state index contributed by atoms with van der Waals surface area (Å²) in [4.78, 5) is 35.7. The van der Waals surface area contributed by atoms with E-state index in [9.17, 15) is 23.2 Å². The fraction of sp³-hybridized carbons (Fsp3) is 0. The minimum absolute atomic E-state index is 0.0566.